The predicted octanol–water partition coefficient (Wildman–Crippen LogP) is 3.56. The van der Waals surface area contributed by atoms with Crippen molar-refractivity contribution in [3.63, 3.8) is 0 Å². The SMILES string of the molecule is Cc1cccc(C(=O)NC2(C(=O)O)Cc3cc(F)c(F)cc3C2)c1OC1CCC1. The number of benzene rings is 2. The topological polar surface area (TPSA) is 75.6 Å². The van der Waals surface area contributed by atoms with E-state index in [4.69, 9.17) is 4.74 Å². The zero-order chi connectivity index (χ0) is 20.8. The molecule has 2 N–H and O–H groups in total. The van der Waals surface area contributed by atoms with Gasteiger partial charge in [0.15, 0.2) is 11.6 Å². The average Bonchev–Trinajstić information content (AvgIpc) is 2.97. The van der Waals surface area contributed by atoms with Gasteiger partial charge in [-0.15, -0.1) is 0 Å². The van der Waals surface area contributed by atoms with Crippen molar-refractivity contribution >= 4 is 11.9 Å². The molecule has 2 aromatic rings. The lowest BCUT2D eigenvalue weighted by Gasteiger charge is -2.29. The van der Waals surface area contributed by atoms with Gasteiger partial charge in [-0.05, 0) is 61.1 Å². The zero-order valence-corrected chi connectivity index (χ0v) is 15.9. The number of hydrogen-bond acceptors (Lipinski definition) is 3. The number of carbonyl (C=O) groups excluding carboxylic acids is 1. The summed E-state index contributed by atoms with van der Waals surface area (Å²) in [5.74, 6) is -3.46. The van der Waals surface area contributed by atoms with Crippen molar-refractivity contribution in [2.24, 2.45) is 0 Å². The third-order valence-electron chi connectivity index (χ3n) is 5.78. The summed E-state index contributed by atoms with van der Waals surface area (Å²) in [6, 6.07) is 7.13. The molecule has 2 aromatic carbocycles. The number of ether oxygens (including phenoxy) is 1. The van der Waals surface area contributed by atoms with E-state index in [9.17, 15) is 23.5 Å². The van der Waals surface area contributed by atoms with Gasteiger partial charge in [-0.25, -0.2) is 13.6 Å². The molecule has 0 atom stereocenters. The maximum atomic E-state index is 13.6. The number of para-hydroxylation sites is 1. The number of carbonyl (C=O) groups is 2. The van der Waals surface area contributed by atoms with Crippen LogP contribution in [-0.2, 0) is 17.6 Å². The molecular weight excluding hydrogens is 380 g/mol. The second-order valence-corrected chi connectivity index (χ2v) is 7.85. The highest BCUT2D eigenvalue weighted by Gasteiger charge is 2.46. The summed E-state index contributed by atoms with van der Waals surface area (Å²) >= 11 is 0. The molecule has 1 saturated carbocycles. The molecule has 7 heteroatoms. The van der Waals surface area contributed by atoms with E-state index in [0.29, 0.717) is 16.9 Å². The van der Waals surface area contributed by atoms with E-state index < -0.39 is 29.0 Å². The molecule has 152 valence electrons. The number of hydrogen-bond donors (Lipinski definition) is 2. The molecule has 1 fully saturated rings. The van der Waals surface area contributed by atoms with E-state index in [1.807, 2.05) is 13.0 Å². The molecule has 0 bridgehead atoms. The van der Waals surface area contributed by atoms with Crippen LogP contribution in [0.1, 0.15) is 46.3 Å². The van der Waals surface area contributed by atoms with Gasteiger partial charge in [0.2, 0.25) is 0 Å². The Morgan fingerprint density at radius 1 is 1.14 bits per heavy atom. The Labute approximate surface area is 166 Å². The Bertz CT molecular complexity index is 970. The molecule has 0 aliphatic heterocycles. The summed E-state index contributed by atoms with van der Waals surface area (Å²) in [4.78, 5) is 25.1. The molecule has 0 radical (unpaired) electrons. The maximum absolute atomic E-state index is 13.6. The van der Waals surface area contributed by atoms with E-state index in [0.717, 1.165) is 37.0 Å². The van der Waals surface area contributed by atoms with E-state index in [1.54, 1.807) is 12.1 Å². The Hall–Kier alpha value is -2.96. The van der Waals surface area contributed by atoms with Crippen molar-refractivity contribution in [3.8, 4) is 5.75 Å². The molecule has 0 aromatic heterocycles. The Morgan fingerprint density at radius 3 is 2.28 bits per heavy atom. The molecule has 0 unspecified atom stereocenters. The number of aryl methyl sites for hydroxylation is 1. The molecule has 4 rings (SSSR count). The van der Waals surface area contributed by atoms with Gasteiger partial charge < -0.3 is 15.2 Å². The standard InChI is InChI=1S/C22H21F2NO4/c1-12-4-2-7-16(19(12)29-15-5-3-6-15)20(26)25-22(21(27)28)10-13-8-17(23)18(24)9-14(13)11-22/h2,4,7-9,15H,3,5-6,10-11H2,1H3,(H,25,26)(H,27,28). The van der Waals surface area contributed by atoms with E-state index >= 15 is 0 Å². The first-order valence-electron chi connectivity index (χ1n) is 9.58. The molecule has 2 aliphatic carbocycles. The first kappa shape index (κ1) is 19.4. The van der Waals surface area contributed by atoms with Crippen molar-refractivity contribution in [1.82, 2.24) is 5.32 Å². The fourth-order valence-electron chi connectivity index (χ4n) is 3.89. The Balaban J connectivity index is 1.63. The second kappa shape index (κ2) is 7.13. The smallest absolute Gasteiger partial charge is 0.330 e. The monoisotopic (exact) mass is 401 g/mol. The summed E-state index contributed by atoms with van der Waals surface area (Å²) in [5.41, 5.74) is 0.124. The average molecular weight is 401 g/mol. The number of carboxylic acid groups (broad SMARTS) is 1. The molecule has 0 saturated heterocycles. The number of fused-ring (bicyclic) bond motifs is 1. The fraction of sp³-hybridized carbons (Fsp3) is 0.364. The molecule has 1 amide bonds. The molecule has 0 heterocycles. The first-order valence-corrected chi connectivity index (χ1v) is 9.58. The Morgan fingerprint density at radius 2 is 1.76 bits per heavy atom. The number of halogens is 2. The van der Waals surface area contributed by atoms with Gasteiger partial charge in [-0.2, -0.15) is 0 Å². The van der Waals surface area contributed by atoms with Crippen LogP contribution in [0.3, 0.4) is 0 Å². The first-order chi connectivity index (χ1) is 13.8. The van der Waals surface area contributed by atoms with Crippen LogP contribution < -0.4 is 10.1 Å². The zero-order valence-electron chi connectivity index (χ0n) is 15.9. The van der Waals surface area contributed by atoms with E-state index in [2.05, 4.69) is 5.32 Å². The van der Waals surface area contributed by atoms with Crippen LogP contribution >= 0.6 is 0 Å². The quantitative estimate of drug-likeness (QED) is 0.803. The summed E-state index contributed by atoms with van der Waals surface area (Å²) in [6.45, 7) is 1.83. The maximum Gasteiger partial charge on any atom is 0.330 e. The number of aliphatic carboxylic acids is 1. The summed E-state index contributed by atoms with van der Waals surface area (Å²) in [6.07, 6.45) is 2.72. The summed E-state index contributed by atoms with van der Waals surface area (Å²) in [7, 11) is 0. The summed E-state index contributed by atoms with van der Waals surface area (Å²) in [5, 5.41) is 12.5. The van der Waals surface area contributed by atoms with Gasteiger partial charge in [0.05, 0.1) is 11.7 Å². The largest absolute Gasteiger partial charge is 0.489 e. The van der Waals surface area contributed by atoms with Crippen molar-refractivity contribution < 1.29 is 28.2 Å². The van der Waals surface area contributed by atoms with Crippen LogP contribution in [0.5, 0.6) is 5.75 Å². The molecule has 0 spiro atoms. The number of nitrogens with one attached hydrogen (secondary N) is 1. The minimum absolute atomic E-state index is 0.0535. The minimum Gasteiger partial charge on any atom is -0.489 e. The fourth-order valence-corrected chi connectivity index (χ4v) is 3.89. The third kappa shape index (κ3) is 3.45. The highest BCUT2D eigenvalue weighted by Crippen LogP contribution is 2.34. The highest BCUT2D eigenvalue weighted by molar-refractivity contribution is 6.00. The number of rotatable bonds is 5. The van der Waals surface area contributed by atoms with E-state index in [1.165, 1.54) is 0 Å². The summed E-state index contributed by atoms with van der Waals surface area (Å²) < 4.78 is 33.1. The van der Waals surface area contributed by atoms with Gasteiger partial charge in [-0.1, -0.05) is 12.1 Å². The lowest BCUT2D eigenvalue weighted by Crippen LogP contribution is -2.55. The van der Waals surface area contributed by atoms with E-state index in [-0.39, 0.29) is 24.5 Å². The molecule has 5 nitrogen and oxygen atoms in total. The molecular formula is C22H21F2NO4. The van der Waals surface area contributed by atoms with Crippen LogP contribution in [0.25, 0.3) is 0 Å². The number of carboxylic acids is 1. The van der Waals surface area contributed by atoms with Crippen LogP contribution in [0, 0.1) is 18.6 Å². The highest BCUT2D eigenvalue weighted by atomic mass is 19.2. The molecule has 2 aliphatic rings. The van der Waals surface area contributed by atoms with Gasteiger partial charge in [0.25, 0.3) is 5.91 Å². The van der Waals surface area contributed by atoms with Gasteiger partial charge in [0.1, 0.15) is 11.3 Å². The third-order valence-corrected chi connectivity index (χ3v) is 5.78. The van der Waals surface area contributed by atoms with Crippen molar-refractivity contribution in [3.05, 3.63) is 64.2 Å². The van der Waals surface area contributed by atoms with Crippen molar-refractivity contribution in [1.29, 1.82) is 0 Å². The van der Waals surface area contributed by atoms with Gasteiger partial charge >= 0.3 is 5.97 Å². The van der Waals surface area contributed by atoms with Gasteiger partial charge in [0, 0.05) is 12.8 Å². The Kier molecular flexibility index (Phi) is 4.76. The predicted molar refractivity (Wildman–Crippen MR) is 101 cm³/mol. The van der Waals surface area contributed by atoms with Crippen molar-refractivity contribution in [2.75, 3.05) is 0 Å². The van der Waals surface area contributed by atoms with Crippen LogP contribution in [0.4, 0.5) is 8.78 Å². The second-order valence-electron chi connectivity index (χ2n) is 7.85. The lowest BCUT2D eigenvalue weighted by molar-refractivity contribution is -0.144. The van der Waals surface area contributed by atoms with Gasteiger partial charge in [-0.3, -0.25) is 4.79 Å². The lowest BCUT2D eigenvalue weighted by atomic mass is 9.94. The van der Waals surface area contributed by atoms with Crippen LogP contribution in [-0.4, -0.2) is 28.6 Å². The normalized spacial score (nSPS) is 17.3. The number of amides is 1. The van der Waals surface area contributed by atoms with Crippen LogP contribution in [0.15, 0.2) is 30.3 Å². The van der Waals surface area contributed by atoms with Crippen LogP contribution in [0.2, 0.25) is 0 Å². The molecule has 29 heavy (non-hydrogen) atoms. The van der Waals surface area contributed by atoms with Crippen molar-refractivity contribution in [2.45, 2.75) is 50.7 Å². The minimum atomic E-state index is -1.67.